The zero-order valence-corrected chi connectivity index (χ0v) is 13.4. The summed E-state index contributed by atoms with van der Waals surface area (Å²) >= 11 is 0. The number of rotatable bonds is 2. The SMILES string of the molecule is Cc1ccc(C(=O)N2CCN(C)CC2)c(N2CCOCC2)n1. The van der Waals surface area contributed by atoms with Crippen LogP contribution in [0.2, 0.25) is 0 Å². The van der Waals surface area contributed by atoms with Gasteiger partial charge in [-0.3, -0.25) is 4.79 Å². The molecule has 0 spiro atoms. The van der Waals surface area contributed by atoms with E-state index >= 15 is 0 Å². The second-order valence-corrected chi connectivity index (χ2v) is 6.02. The Morgan fingerprint density at radius 2 is 1.77 bits per heavy atom. The Labute approximate surface area is 131 Å². The highest BCUT2D eigenvalue weighted by Crippen LogP contribution is 2.22. The molecule has 1 aromatic heterocycles. The van der Waals surface area contributed by atoms with Gasteiger partial charge >= 0.3 is 0 Å². The van der Waals surface area contributed by atoms with Gasteiger partial charge in [0.15, 0.2) is 0 Å². The minimum absolute atomic E-state index is 0.0992. The fourth-order valence-corrected chi connectivity index (χ4v) is 2.91. The molecule has 0 aromatic carbocycles. The summed E-state index contributed by atoms with van der Waals surface area (Å²) in [6.45, 7) is 8.36. The third kappa shape index (κ3) is 3.23. The van der Waals surface area contributed by atoms with Crippen LogP contribution in [-0.4, -0.2) is 80.2 Å². The quantitative estimate of drug-likeness (QED) is 0.801. The zero-order valence-electron chi connectivity index (χ0n) is 13.4. The molecule has 0 aliphatic carbocycles. The van der Waals surface area contributed by atoms with E-state index in [4.69, 9.17) is 4.74 Å². The number of amides is 1. The summed E-state index contributed by atoms with van der Waals surface area (Å²) in [5, 5.41) is 0. The molecule has 1 amide bonds. The molecule has 3 rings (SSSR count). The summed E-state index contributed by atoms with van der Waals surface area (Å²) in [7, 11) is 2.09. The van der Waals surface area contributed by atoms with Crippen LogP contribution < -0.4 is 4.90 Å². The topological polar surface area (TPSA) is 48.9 Å². The van der Waals surface area contributed by atoms with E-state index in [9.17, 15) is 4.79 Å². The fourth-order valence-electron chi connectivity index (χ4n) is 2.91. The summed E-state index contributed by atoms with van der Waals surface area (Å²) < 4.78 is 5.41. The molecule has 120 valence electrons. The van der Waals surface area contributed by atoms with Crippen LogP contribution in [0.3, 0.4) is 0 Å². The lowest BCUT2D eigenvalue weighted by atomic mass is 10.1. The molecule has 0 atom stereocenters. The van der Waals surface area contributed by atoms with Gasteiger partial charge in [0.1, 0.15) is 5.82 Å². The monoisotopic (exact) mass is 304 g/mol. The van der Waals surface area contributed by atoms with Crippen molar-refractivity contribution in [2.24, 2.45) is 0 Å². The van der Waals surface area contributed by atoms with Gasteiger partial charge in [-0.2, -0.15) is 0 Å². The maximum Gasteiger partial charge on any atom is 0.257 e. The minimum atomic E-state index is 0.0992. The van der Waals surface area contributed by atoms with Crippen LogP contribution in [0.25, 0.3) is 0 Å². The molecular formula is C16H24N4O2. The molecule has 6 heteroatoms. The molecule has 0 radical (unpaired) electrons. The number of carbonyl (C=O) groups excluding carboxylic acids is 1. The normalized spacial score (nSPS) is 20.3. The van der Waals surface area contributed by atoms with E-state index in [-0.39, 0.29) is 5.91 Å². The second-order valence-electron chi connectivity index (χ2n) is 6.02. The van der Waals surface area contributed by atoms with Gasteiger partial charge in [-0.1, -0.05) is 0 Å². The van der Waals surface area contributed by atoms with Crippen molar-refractivity contribution in [3.05, 3.63) is 23.4 Å². The second kappa shape index (κ2) is 6.62. The van der Waals surface area contributed by atoms with Crippen molar-refractivity contribution >= 4 is 11.7 Å². The molecule has 0 saturated carbocycles. The lowest BCUT2D eigenvalue weighted by Crippen LogP contribution is -2.47. The van der Waals surface area contributed by atoms with Gasteiger partial charge in [-0.05, 0) is 26.1 Å². The van der Waals surface area contributed by atoms with Crippen LogP contribution in [-0.2, 0) is 4.74 Å². The molecule has 0 unspecified atom stereocenters. The summed E-state index contributed by atoms with van der Waals surface area (Å²) in [6.07, 6.45) is 0. The maximum atomic E-state index is 12.9. The number of ether oxygens (including phenoxy) is 1. The number of pyridine rings is 1. The van der Waals surface area contributed by atoms with Crippen molar-refractivity contribution in [2.45, 2.75) is 6.92 Å². The third-order valence-electron chi connectivity index (χ3n) is 4.35. The number of aromatic nitrogens is 1. The van der Waals surface area contributed by atoms with Crippen molar-refractivity contribution in [2.75, 3.05) is 64.4 Å². The van der Waals surface area contributed by atoms with Crippen molar-refractivity contribution < 1.29 is 9.53 Å². The maximum absolute atomic E-state index is 12.9. The van der Waals surface area contributed by atoms with E-state index in [0.717, 1.165) is 56.3 Å². The minimum Gasteiger partial charge on any atom is -0.378 e. The molecule has 6 nitrogen and oxygen atoms in total. The molecular weight excluding hydrogens is 280 g/mol. The van der Waals surface area contributed by atoms with Crippen LogP contribution in [0.5, 0.6) is 0 Å². The van der Waals surface area contributed by atoms with Crippen LogP contribution in [0.4, 0.5) is 5.82 Å². The first kappa shape index (κ1) is 15.2. The van der Waals surface area contributed by atoms with Crippen molar-refractivity contribution in [3.8, 4) is 0 Å². The molecule has 2 saturated heterocycles. The largest absolute Gasteiger partial charge is 0.378 e. The average molecular weight is 304 g/mol. The van der Waals surface area contributed by atoms with Crippen LogP contribution >= 0.6 is 0 Å². The van der Waals surface area contributed by atoms with Crippen LogP contribution in [0, 0.1) is 6.92 Å². The molecule has 2 aliphatic rings. The number of hydrogen-bond acceptors (Lipinski definition) is 5. The number of nitrogens with zero attached hydrogens (tertiary/aromatic N) is 4. The number of piperazine rings is 1. The van der Waals surface area contributed by atoms with Crippen molar-refractivity contribution in [1.29, 1.82) is 0 Å². The Balaban J connectivity index is 1.84. The lowest BCUT2D eigenvalue weighted by molar-refractivity contribution is 0.0663. The van der Waals surface area contributed by atoms with Crippen LogP contribution in [0.1, 0.15) is 16.1 Å². The molecule has 2 aliphatic heterocycles. The Morgan fingerprint density at radius 3 is 2.45 bits per heavy atom. The van der Waals surface area contributed by atoms with Crippen molar-refractivity contribution in [1.82, 2.24) is 14.8 Å². The Morgan fingerprint density at radius 1 is 1.09 bits per heavy atom. The van der Waals surface area contributed by atoms with Gasteiger partial charge in [-0.15, -0.1) is 0 Å². The first-order valence-electron chi connectivity index (χ1n) is 7.93. The van der Waals surface area contributed by atoms with E-state index in [2.05, 4.69) is 21.8 Å². The highest BCUT2D eigenvalue weighted by atomic mass is 16.5. The van der Waals surface area contributed by atoms with Gasteiger partial charge in [-0.25, -0.2) is 4.98 Å². The van der Waals surface area contributed by atoms with Gasteiger partial charge in [0.25, 0.3) is 5.91 Å². The van der Waals surface area contributed by atoms with E-state index in [1.165, 1.54) is 0 Å². The molecule has 0 N–H and O–H groups in total. The van der Waals surface area contributed by atoms with E-state index < -0.39 is 0 Å². The summed E-state index contributed by atoms with van der Waals surface area (Å²) in [6, 6.07) is 3.85. The molecule has 2 fully saturated rings. The molecule has 22 heavy (non-hydrogen) atoms. The number of morpholine rings is 1. The van der Waals surface area contributed by atoms with E-state index in [1.807, 2.05) is 24.0 Å². The predicted octanol–water partition coefficient (Wildman–Crippen LogP) is 0.614. The van der Waals surface area contributed by atoms with Gasteiger partial charge in [0.05, 0.1) is 18.8 Å². The smallest absolute Gasteiger partial charge is 0.257 e. The van der Waals surface area contributed by atoms with Crippen molar-refractivity contribution in [3.63, 3.8) is 0 Å². The molecule has 0 bridgehead atoms. The standard InChI is InChI=1S/C16H24N4O2/c1-13-3-4-14(15(17-13)19-9-11-22-12-10-19)16(21)20-7-5-18(2)6-8-20/h3-4H,5-12H2,1-2H3. The summed E-state index contributed by atoms with van der Waals surface area (Å²) in [4.78, 5) is 23.9. The Bertz CT molecular complexity index is 535. The molecule has 3 heterocycles. The summed E-state index contributed by atoms with van der Waals surface area (Å²) in [5.74, 6) is 0.911. The van der Waals surface area contributed by atoms with Crippen LogP contribution in [0.15, 0.2) is 12.1 Å². The lowest BCUT2D eigenvalue weighted by Gasteiger charge is -2.34. The number of aryl methyl sites for hydroxylation is 1. The molecule has 1 aromatic rings. The van der Waals surface area contributed by atoms with E-state index in [1.54, 1.807) is 0 Å². The average Bonchev–Trinajstić information content (AvgIpc) is 2.56. The Hall–Kier alpha value is -1.66. The summed E-state index contributed by atoms with van der Waals surface area (Å²) in [5.41, 5.74) is 1.66. The van der Waals surface area contributed by atoms with Gasteiger partial charge < -0.3 is 19.4 Å². The highest BCUT2D eigenvalue weighted by molar-refractivity contribution is 5.99. The highest BCUT2D eigenvalue weighted by Gasteiger charge is 2.26. The first-order valence-corrected chi connectivity index (χ1v) is 7.93. The van der Waals surface area contributed by atoms with Gasteiger partial charge in [0, 0.05) is 45.0 Å². The number of anilines is 1. The number of likely N-dealkylation sites (N-methyl/N-ethyl adjacent to an activating group) is 1. The number of carbonyl (C=O) groups is 1. The fraction of sp³-hybridized carbons (Fsp3) is 0.625. The predicted molar refractivity (Wildman–Crippen MR) is 85.4 cm³/mol. The zero-order chi connectivity index (χ0) is 15.5. The first-order chi connectivity index (χ1) is 10.6. The van der Waals surface area contributed by atoms with Gasteiger partial charge in [0.2, 0.25) is 0 Å². The Kier molecular flexibility index (Phi) is 4.59. The number of hydrogen-bond donors (Lipinski definition) is 0. The van der Waals surface area contributed by atoms with E-state index in [0.29, 0.717) is 13.2 Å². The third-order valence-corrected chi connectivity index (χ3v) is 4.35.